The standard InChI is InChI=1S/C10H11ClN2O/c1-6(2)14-9-4-3-8(11)7(5-12)10(9)13/h3-4,6H,13H2,1-2H3. The van der Waals surface area contributed by atoms with Gasteiger partial charge in [-0.3, -0.25) is 0 Å². The third kappa shape index (κ3) is 2.09. The quantitative estimate of drug-likeness (QED) is 0.764. The average molecular weight is 211 g/mol. The molecule has 0 aromatic heterocycles. The number of hydrogen-bond acceptors (Lipinski definition) is 3. The van der Waals surface area contributed by atoms with Crippen molar-refractivity contribution in [3.63, 3.8) is 0 Å². The zero-order chi connectivity index (χ0) is 10.7. The van der Waals surface area contributed by atoms with E-state index in [1.54, 1.807) is 12.1 Å². The molecule has 0 aliphatic heterocycles. The number of anilines is 1. The number of halogens is 1. The summed E-state index contributed by atoms with van der Waals surface area (Å²) in [6.07, 6.45) is 0.0185. The fourth-order valence-corrected chi connectivity index (χ4v) is 1.25. The van der Waals surface area contributed by atoms with Gasteiger partial charge in [-0.1, -0.05) is 11.6 Å². The number of benzene rings is 1. The van der Waals surface area contributed by atoms with Gasteiger partial charge in [-0.15, -0.1) is 0 Å². The van der Waals surface area contributed by atoms with Crippen LogP contribution < -0.4 is 10.5 Å². The Kier molecular flexibility index (Phi) is 3.21. The molecule has 0 unspecified atom stereocenters. The van der Waals surface area contributed by atoms with Gasteiger partial charge < -0.3 is 10.5 Å². The normalized spacial score (nSPS) is 9.93. The second-order valence-corrected chi connectivity index (χ2v) is 3.52. The summed E-state index contributed by atoms with van der Waals surface area (Å²) in [4.78, 5) is 0. The molecule has 74 valence electrons. The summed E-state index contributed by atoms with van der Waals surface area (Å²) in [6.45, 7) is 3.78. The van der Waals surface area contributed by atoms with Crippen LogP contribution in [0.2, 0.25) is 5.02 Å². The summed E-state index contributed by atoms with van der Waals surface area (Å²) in [5.74, 6) is 0.501. The van der Waals surface area contributed by atoms with E-state index in [0.717, 1.165) is 0 Å². The Morgan fingerprint density at radius 1 is 1.50 bits per heavy atom. The van der Waals surface area contributed by atoms with Crippen LogP contribution in [0.5, 0.6) is 5.75 Å². The van der Waals surface area contributed by atoms with Crippen LogP contribution in [0, 0.1) is 11.3 Å². The third-order valence-electron chi connectivity index (χ3n) is 1.63. The maximum atomic E-state index is 8.79. The molecule has 0 aliphatic carbocycles. The molecule has 0 radical (unpaired) electrons. The summed E-state index contributed by atoms with van der Waals surface area (Å²) in [7, 11) is 0. The second-order valence-electron chi connectivity index (χ2n) is 3.11. The molecule has 0 bridgehead atoms. The summed E-state index contributed by atoms with van der Waals surface area (Å²) in [5.41, 5.74) is 6.28. The van der Waals surface area contributed by atoms with Crippen LogP contribution in [-0.4, -0.2) is 6.10 Å². The minimum atomic E-state index is 0.0185. The maximum Gasteiger partial charge on any atom is 0.144 e. The van der Waals surface area contributed by atoms with Crippen molar-refractivity contribution in [2.24, 2.45) is 0 Å². The molecule has 1 aromatic carbocycles. The van der Waals surface area contributed by atoms with Crippen molar-refractivity contribution >= 4 is 17.3 Å². The minimum absolute atomic E-state index is 0.0185. The molecule has 1 aromatic rings. The molecule has 0 amide bonds. The molecule has 0 fully saturated rings. The van der Waals surface area contributed by atoms with E-state index in [1.807, 2.05) is 19.9 Å². The van der Waals surface area contributed by atoms with Gasteiger partial charge in [-0.05, 0) is 26.0 Å². The van der Waals surface area contributed by atoms with E-state index in [9.17, 15) is 0 Å². The SMILES string of the molecule is CC(C)Oc1ccc(Cl)c(C#N)c1N. The van der Waals surface area contributed by atoms with Crippen molar-refractivity contribution in [1.29, 1.82) is 5.26 Å². The minimum Gasteiger partial charge on any atom is -0.489 e. The lowest BCUT2D eigenvalue weighted by molar-refractivity contribution is 0.244. The highest BCUT2D eigenvalue weighted by Crippen LogP contribution is 2.31. The van der Waals surface area contributed by atoms with E-state index < -0.39 is 0 Å². The first-order chi connectivity index (χ1) is 6.56. The molecular weight excluding hydrogens is 200 g/mol. The molecule has 4 heteroatoms. The number of rotatable bonds is 2. The van der Waals surface area contributed by atoms with E-state index in [4.69, 9.17) is 27.3 Å². The molecule has 1 rings (SSSR count). The highest BCUT2D eigenvalue weighted by molar-refractivity contribution is 6.32. The topological polar surface area (TPSA) is 59.0 Å². The zero-order valence-electron chi connectivity index (χ0n) is 8.04. The second kappa shape index (κ2) is 4.21. The number of ether oxygens (including phenoxy) is 1. The van der Waals surface area contributed by atoms with Gasteiger partial charge in [0.1, 0.15) is 11.8 Å². The van der Waals surface area contributed by atoms with Gasteiger partial charge in [-0.2, -0.15) is 5.26 Å². The number of nitrogen functional groups attached to an aromatic ring is 1. The molecule has 0 aliphatic rings. The molecule has 14 heavy (non-hydrogen) atoms. The molecule has 0 atom stereocenters. The van der Waals surface area contributed by atoms with Crippen LogP contribution in [0.1, 0.15) is 19.4 Å². The van der Waals surface area contributed by atoms with Crippen molar-refractivity contribution in [3.8, 4) is 11.8 Å². The first kappa shape index (κ1) is 10.7. The summed E-state index contributed by atoms with van der Waals surface area (Å²) >= 11 is 5.78. The van der Waals surface area contributed by atoms with Gasteiger partial charge in [0.2, 0.25) is 0 Å². The average Bonchev–Trinajstić information content (AvgIpc) is 2.10. The lowest BCUT2D eigenvalue weighted by Gasteiger charge is -2.13. The monoisotopic (exact) mass is 210 g/mol. The Labute approximate surface area is 88.0 Å². The highest BCUT2D eigenvalue weighted by atomic mass is 35.5. The first-order valence-electron chi connectivity index (χ1n) is 4.21. The summed E-state index contributed by atoms with van der Waals surface area (Å²) in [6, 6.07) is 5.21. The third-order valence-corrected chi connectivity index (χ3v) is 1.94. The molecule has 0 heterocycles. The molecular formula is C10H11ClN2O. The van der Waals surface area contributed by atoms with Gasteiger partial charge in [-0.25, -0.2) is 0 Å². The van der Waals surface area contributed by atoms with Gasteiger partial charge in [0.15, 0.2) is 0 Å². The molecule has 3 nitrogen and oxygen atoms in total. The number of nitriles is 1. The fourth-order valence-electron chi connectivity index (χ4n) is 1.04. The van der Waals surface area contributed by atoms with Gasteiger partial charge in [0, 0.05) is 0 Å². The van der Waals surface area contributed by atoms with Crippen molar-refractivity contribution in [3.05, 3.63) is 22.7 Å². The van der Waals surface area contributed by atoms with E-state index in [2.05, 4.69) is 0 Å². The molecule has 0 saturated carbocycles. The number of hydrogen-bond donors (Lipinski definition) is 1. The molecule has 2 N–H and O–H groups in total. The first-order valence-corrected chi connectivity index (χ1v) is 4.58. The van der Waals surface area contributed by atoms with Crippen molar-refractivity contribution in [2.75, 3.05) is 5.73 Å². The summed E-state index contributed by atoms with van der Waals surface area (Å²) in [5, 5.41) is 9.14. The zero-order valence-corrected chi connectivity index (χ0v) is 8.80. The van der Waals surface area contributed by atoms with Crippen LogP contribution in [0.15, 0.2) is 12.1 Å². The lowest BCUT2D eigenvalue weighted by Crippen LogP contribution is -2.08. The van der Waals surface area contributed by atoms with Crippen LogP contribution in [-0.2, 0) is 0 Å². The van der Waals surface area contributed by atoms with E-state index >= 15 is 0 Å². The van der Waals surface area contributed by atoms with Crippen molar-refractivity contribution < 1.29 is 4.74 Å². The Morgan fingerprint density at radius 3 is 2.64 bits per heavy atom. The van der Waals surface area contributed by atoms with E-state index in [0.29, 0.717) is 16.5 Å². The van der Waals surface area contributed by atoms with Gasteiger partial charge in [0.25, 0.3) is 0 Å². The van der Waals surface area contributed by atoms with Crippen LogP contribution in [0.25, 0.3) is 0 Å². The van der Waals surface area contributed by atoms with Crippen molar-refractivity contribution in [2.45, 2.75) is 20.0 Å². The van der Waals surface area contributed by atoms with E-state index in [1.165, 1.54) is 0 Å². The number of nitrogens with two attached hydrogens (primary N) is 1. The Balaban J connectivity index is 3.16. The fraction of sp³-hybridized carbons (Fsp3) is 0.300. The largest absolute Gasteiger partial charge is 0.489 e. The van der Waals surface area contributed by atoms with Crippen molar-refractivity contribution in [1.82, 2.24) is 0 Å². The van der Waals surface area contributed by atoms with Crippen LogP contribution in [0.3, 0.4) is 0 Å². The number of nitrogens with zero attached hydrogens (tertiary/aromatic N) is 1. The molecule has 0 saturated heterocycles. The summed E-state index contributed by atoms with van der Waals surface area (Å²) < 4.78 is 5.41. The Bertz CT molecular complexity index is 382. The predicted molar refractivity (Wildman–Crippen MR) is 56.3 cm³/mol. The van der Waals surface area contributed by atoms with Crippen LogP contribution in [0.4, 0.5) is 5.69 Å². The highest BCUT2D eigenvalue weighted by Gasteiger charge is 2.10. The van der Waals surface area contributed by atoms with Crippen LogP contribution >= 0.6 is 11.6 Å². The smallest absolute Gasteiger partial charge is 0.144 e. The lowest BCUT2D eigenvalue weighted by atomic mass is 10.2. The Morgan fingerprint density at radius 2 is 2.14 bits per heavy atom. The van der Waals surface area contributed by atoms with E-state index in [-0.39, 0.29) is 11.7 Å². The predicted octanol–water partition coefficient (Wildman–Crippen LogP) is 2.58. The van der Waals surface area contributed by atoms with Gasteiger partial charge >= 0.3 is 0 Å². The van der Waals surface area contributed by atoms with Gasteiger partial charge in [0.05, 0.1) is 22.4 Å². The maximum absolute atomic E-state index is 8.79. The molecule has 0 spiro atoms. The Hall–Kier alpha value is -1.40.